The summed E-state index contributed by atoms with van der Waals surface area (Å²) in [6, 6.07) is 13.8. The fourth-order valence-electron chi connectivity index (χ4n) is 2.36. The summed E-state index contributed by atoms with van der Waals surface area (Å²) in [5, 5.41) is 16.5. The van der Waals surface area contributed by atoms with Gasteiger partial charge in [-0.25, -0.2) is 0 Å². The van der Waals surface area contributed by atoms with Crippen LogP contribution in [-0.4, -0.2) is 31.0 Å². The van der Waals surface area contributed by atoms with Gasteiger partial charge in [0.05, 0.1) is 12.0 Å². The molecule has 7 heteroatoms. The number of nitrogens with zero attached hydrogens (tertiary/aromatic N) is 1. The van der Waals surface area contributed by atoms with Gasteiger partial charge in [0, 0.05) is 37.3 Å². The predicted molar refractivity (Wildman–Crippen MR) is 95.9 cm³/mol. The van der Waals surface area contributed by atoms with Gasteiger partial charge in [0.15, 0.2) is 0 Å². The lowest BCUT2D eigenvalue weighted by atomic mass is 10.1. The van der Waals surface area contributed by atoms with E-state index in [1.807, 2.05) is 24.3 Å². The van der Waals surface area contributed by atoms with Crippen LogP contribution >= 0.6 is 0 Å². The molecule has 0 aromatic heterocycles. The average Bonchev–Trinajstić information content (AvgIpc) is 2.64. The van der Waals surface area contributed by atoms with E-state index in [-0.39, 0.29) is 11.6 Å². The number of aryl methyl sites for hydroxylation is 1. The highest BCUT2D eigenvalue weighted by Crippen LogP contribution is 2.18. The van der Waals surface area contributed by atoms with Crippen LogP contribution in [0.15, 0.2) is 48.5 Å². The maximum atomic E-state index is 11.9. The monoisotopic (exact) mass is 343 g/mol. The smallest absolute Gasteiger partial charge is 0.269 e. The number of carbonyl (C=O) groups is 1. The first-order valence-corrected chi connectivity index (χ1v) is 7.97. The van der Waals surface area contributed by atoms with Crippen molar-refractivity contribution in [3.63, 3.8) is 0 Å². The summed E-state index contributed by atoms with van der Waals surface area (Å²) in [4.78, 5) is 22.0. The van der Waals surface area contributed by atoms with Gasteiger partial charge in [-0.1, -0.05) is 18.2 Å². The van der Waals surface area contributed by atoms with Gasteiger partial charge in [0.2, 0.25) is 5.91 Å². The normalized spacial score (nSPS) is 10.1. The molecule has 0 saturated heterocycles. The van der Waals surface area contributed by atoms with Crippen LogP contribution < -0.4 is 15.4 Å². The molecule has 0 aliphatic rings. The maximum absolute atomic E-state index is 11.9. The number of hydrogen-bond acceptors (Lipinski definition) is 5. The quantitative estimate of drug-likeness (QED) is 0.415. The molecule has 0 atom stereocenters. The maximum Gasteiger partial charge on any atom is 0.269 e. The van der Waals surface area contributed by atoms with Crippen molar-refractivity contribution in [1.29, 1.82) is 0 Å². The summed E-state index contributed by atoms with van der Waals surface area (Å²) < 4.78 is 5.26. The van der Waals surface area contributed by atoms with Crippen LogP contribution in [0.25, 0.3) is 0 Å². The molecule has 0 spiro atoms. The van der Waals surface area contributed by atoms with E-state index in [0.717, 1.165) is 17.0 Å². The molecule has 2 rings (SSSR count). The summed E-state index contributed by atoms with van der Waals surface area (Å²) >= 11 is 0. The van der Waals surface area contributed by atoms with Crippen molar-refractivity contribution in [2.45, 2.75) is 12.8 Å². The number of nitrogens with one attached hydrogen (secondary N) is 2. The third-order valence-electron chi connectivity index (χ3n) is 3.67. The Morgan fingerprint density at radius 3 is 2.52 bits per heavy atom. The van der Waals surface area contributed by atoms with Crippen molar-refractivity contribution < 1.29 is 14.5 Å². The van der Waals surface area contributed by atoms with Crippen molar-refractivity contribution in [1.82, 2.24) is 5.32 Å². The molecule has 2 aromatic rings. The molecule has 2 aromatic carbocycles. The molecule has 0 aliphatic heterocycles. The molecule has 2 N–H and O–H groups in total. The minimum absolute atomic E-state index is 0.0311. The van der Waals surface area contributed by atoms with Crippen molar-refractivity contribution in [2.24, 2.45) is 0 Å². The van der Waals surface area contributed by atoms with Crippen molar-refractivity contribution in [3.8, 4) is 5.75 Å². The third kappa shape index (κ3) is 5.80. The van der Waals surface area contributed by atoms with Crippen molar-refractivity contribution >= 4 is 17.3 Å². The zero-order valence-corrected chi connectivity index (χ0v) is 14.0. The number of benzene rings is 2. The second-order valence-corrected chi connectivity index (χ2v) is 5.39. The van der Waals surface area contributed by atoms with E-state index < -0.39 is 4.92 Å². The number of methoxy groups -OCH3 is 1. The van der Waals surface area contributed by atoms with E-state index in [1.165, 1.54) is 12.1 Å². The first-order valence-electron chi connectivity index (χ1n) is 7.97. The number of rotatable bonds is 9. The largest absolute Gasteiger partial charge is 0.496 e. The van der Waals surface area contributed by atoms with E-state index >= 15 is 0 Å². The van der Waals surface area contributed by atoms with Gasteiger partial charge in [-0.15, -0.1) is 0 Å². The first kappa shape index (κ1) is 18.3. The van der Waals surface area contributed by atoms with Crippen LogP contribution in [0.1, 0.15) is 12.0 Å². The van der Waals surface area contributed by atoms with Crippen LogP contribution in [0.4, 0.5) is 11.4 Å². The summed E-state index contributed by atoms with van der Waals surface area (Å²) in [5.41, 5.74) is 1.83. The van der Waals surface area contributed by atoms with E-state index in [1.54, 1.807) is 19.2 Å². The Morgan fingerprint density at radius 2 is 1.84 bits per heavy atom. The van der Waals surface area contributed by atoms with Gasteiger partial charge in [-0.3, -0.25) is 14.9 Å². The Morgan fingerprint density at radius 1 is 1.12 bits per heavy atom. The Labute approximate surface area is 146 Å². The lowest BCUT2D eigenvalue weighted by Gasteiger charge is -2.09. The fourth-order valence-corrected chi connectivity index (χ4v) is 2.36. The topological polar surface area (TPSA) is 93.5 Å². The molecular weight excluding hydrogens is 322 g/mol. The minimum atomic E-state index is -0.439. The molecule has 0 radical (unpaired) electrons. The van der Waals surface area contributed by atoms with Crippen LogP contribution in [0.5, 0.6) is 5.75 Å². The van der Waals surface area contributed by atoms with Gasteiger partial charge in [0.25, 0.3) is 5.69 Å². The van der Waals surface area contributed by atoms with Gasteiger partial charge in [-0.05, 0) is 30.2 Å². The number of carbonyl (C=O) groups excluding carboxylic acids is 1. The number of ether oxygens (including phenoxy) is 1. The molecule has 0 unspecified atom stereocenters. The average molecular weight is 343 g/mol. The van der Waals surface area contributed by atoms with Crippen LogP contribution in [0.3, 0.4) is 0 Å². The second-order valence-electron chi connectivity index (χ2n) is 5.39. The Kier molecular flexibility index (Phi) is 6.76. The van der Waals surface area contributed by atoms with E-state index in [0.29, 0.717) is 25.9 Å². The molecule has 0 heterocycles. The summed E-state index contributed by atoms with van der Waals surface area (Å²) in [6.07, 6.45) is 1.00. The number of nitro benzene ring substituents is 1. The molecule has 0 aliphatic carbocycles. The van der Waals surface area contributed by atoms with E-state index in [4.69, 9.17) is 4.74 Å². The zero-order valence-electron chi connectivity index (χ0n) is 14.0. The summed E-state index contributed by atoms with van der Waals surface area (Å²) in [6.45, 7) is 1.01. The van der Waals surface area contributed by atoms with Crippen LogP contribution in [-0.2, 0) is 11.2 Å². The number of nitro groups is 1. The molecule has 0 saturated carbocycles. The standard InChI is InChI=1S/C18H21N3O4/c1-25-17-5-3-2-4-14(17)6-11-18(22)20-13-12-19-15-7-9-16(10-8-15)21(23)24/h2-5,7-10,19H,6,11-13H2,1H3,(H,20,22). The second kappa shape index (κ2) is 9.27. The summed E-state index contributed by atoms with van der Waals surface area (Å²) in [7, 11) is 1.61. The van der Waals surface area contributed by atoms with Gasteiger partial charge >= 0.3 is 0 Å². The highest BCUT2D eigenvalue weighted by atomic mass is 16.6. The van der Waals surface area contributed by atoms with E-state index in [9.17, 15) is 14.9 Å². The molecule has 0 fully saturated rings. The molecule has 132 valence electrons. The van der Waals surface area contributed by atoms with Gasteiger partial charge in [-0.2, -0.15) is 0 Å². The number of amides is 1. The van der Waals surface area contributed by atoms with Gasteiger partial charge < -0.3 is 15.4 Å². The van der Waals surface area contributed by atoms with Crippen molar-refractivity contribution in [2.75, 3.05) is 25.5 Å². The Bertz CT molecular complexity index is 717. The fraction of sp³-hybridized carbons (Fsp3) is 0.278. The lowest BCUT2D eigenvalue weighted by molar-refractivity contribution is -0.384. The molecule has 0 bridgehead atoms. The van der Waals surface area contributed by atoms with Gasteiger partial charge in [0.1, 0.15) is 5.75 Å². The Balaban J connectivity index is 1.67. The predicted octanol–water partition coefficient (Wildman–Crippen LogP) is 2.76. The number of hydrogen-bond donors (Lipinski definition) is 2. The molecule has 7 nitrogen and oxygen atoms in total. The van der Waals surface area contributed by atoms with Crippen molar-refractivity contribution in [3.05, 3.63) is 64.2 Å². The first-order chi connectivity index (χ1) is 12.1. The zero-order chi connectivity index (χ0) is 18.1. The minimum Gasteiger partial charge on any atom is -0.496 e. The number of anilines is 1. The molecule has 25 heavy (non-hydrogen) atoms. The highest BCUT2D eigenvalue weighted by Gasteiger charge is 2.06. The Hall–Kier alpha value is -3.09. The van der Waals surface area contributed by atoms with E-state index in [2.05, 4.69) is 10.6 Å². The van der Waals surface area contributed by atoms with Crippen LogP contribution in [0.2, 0.25) is 0 Å². The molecular formula is C18H21N3O4. The third-order valence-corrected chi connectivity index (χ3v) is 3.67. The summed E-state index contributed by atoms with van der Waals surface area (Å²) in [5.74, 6) is 0.756. The molecule has 1 amide bonds. The number of non-ortho nitro benzene ring substituents is 1. The lowest BCUT2D eigenvalue weighted by Crippen LogP contribution is -2.28. The highest BCUT2D eigenvalue weighted by molar-refractivity contribution is 5.76. The SMILES string of the molecule is COc1ccccc1CCC(=O)NCCNc1ccc([N+](=O)[O-])cc1. The van der Waals surface area contributed by atoms with Crippen LogP contribution in [0, 0.1) is 10.1 Å². The number of para-hydroxylation sites is 1.